The molecule has 0 aromatic carbocycles. The topological polar surface area (TPSA) is 89.9 Å². The molecule has 0 bridgehead atoms. The normalized spacial score (nSPS) is 11.8. The Labute approximate surface area is 80.8 Å². The van der Waals surface area contributed by atoms with E-state index in [1.807, 2.05) is 0 Å². The summed E-state index contributed by atoms with van der Waals surface area (Å²) in [5.41, 5.74) is 0. The molecule has 0 saturated heterocycles. The molecule has 0 saturated carbocycles. The fraction of sp³-hybridized carbons (Fsp3) is 0.625. The van der Waals surface area contributed by atoms with E-state index in [4.69, 9.17) is 9.84 Å². The summed E-state index contributed by atoms with van der Waals surface area (Å²) in [4.78, 5) is 31.2. The van der Waals surface area contributed by atoms with E-state index in [2.05, 4.69) is 4.74 Å². The number of carboxylic acid groups (broad SMARTS) is 1. The fourth-order valence-electron chi connectivity index (χ4n) is 0.756. The Bertz CT molecular complexity index is 212. The number of aldehydes is 1. The highest BCUT2D eigenvalue weighted by Gasteiger charge is 2.21. The van der Waals surface area contributed by atoms with Gasteiger partial charge in [0.1, 0.15) is 6.61 Å². The first kappa shape index (κ1) is 12.6. The van der Waals surface area contributed by atoms with Crippen LogP contribution < -0.4 is 0 Å². The van der Waals surface area contributed by atoms with Crippen LogP contribution in [0.5, 0.6) is 0 Å². The van der Waals surface area contributed by atoms with Crippen molar-refractivity contribution in [2.24, 2.45) is 0 Å². The first-order valence-electron chi connectivity index (χ1n) is 4.05. The zero-order valence-corrected chi connectivity index (χ0v) is 7.76. The van der Waals surface area contributed by atoms with Crippen molar-refractivity contribution in [2.45, 2.75) is 19.4 Å². The minimum Gasteiger partial charge on any atom is -0.479 e. The smallest absolute Gasteiger partial charge is 0.333 e. The van der Waals surface area contributed by atoms with Crippen LogP contribution in [0.3, 0.4) is 0 Å². The van der Waals surface area contributed by atoms with E-state index >= 15 is 0 Å². The Hall–Kier alpha value is -1.43. The number of ether oxygens (including phenoxy) is 2. The lowest BCUT2D eigenvalue weighted by Gasteiger charge is -2.10. The third-order valence-electron chi connectivity index (χ3n) is 1.31. The molecule has 0 heterocycles. The first-order chi connectivity index (χ1) is 6.61. The van der Waals surface area contributed by atoms with Gasteiger partial charge in [0.15, 0.2) is 12.4 Å². The number of hydrogen-bond acceptors (Lipinski definition) is 5. The highest BCUT2D eigenvalue weighted by molar-refractivity contribution is 5.81. The number of carbonyl (C=O) groups excluding carboxylic acids is 2. The van der Waals surface area contributed by atoms with Gasteiger partial charge in [-0.15, -0.1) is 0 Å². The summed E-state index contributed by atoms with van der Waals surface area (Å²) >= 11 is 0. The van der Waals surface area contributed by atoms with Crippen molar-refractivity contribution in [3.8, 4) is 0 Å². The van der Waals surface area contributed by atoms with E-state index in [1.165, 1.54) is 0 Å². The van der Waals surface area contributed by atoms with Gasteiger partial charge < -0.3 is 14.6 Å². The minimum absolute atomic E-state index is 0.192. The molecular weight excluding hydrogens is 192 g/mol. The summed E-state index contributed by atoms with van der Waals surface area (Å²) in [5, 5.41) is 8.58. The molecule has 0 rings (SSSR count). The molecule has 1 atom stereocenters. The highest BCUT2D eigenvalue weighted by atomic mass is 16.5. The predicted octanol–water partition coefficient (Wildman–Crippen LogP) is -0.392. The van der Waals surface area contributed by atoms with Crippen molar-refractivity contribution in [2.75, 3.05) is 13.2 Å². The average Bonchev–Trinajstić information content (AvgIpc) is 2.14. The molecule has 0 fully saturated rings. The lowest BCUT2D eigenvalue weighted by Crippen LogP contribution is -2.28. The van der Waals surface area contributed by atoms with E-state index in [9.17, 15) is 14.4 Å². The van der Waals surface area contributed by atoms with Gasteiger partial charge in [-0.05, 0) is 6.92 Å². The molecule has 1 N–H and O–H groups in total. The monoisotopic (exact) mass is 204 g/mol. The van der Waals surface area contributed by atoms with Crippen molar-refractivity contribution in [1.29, 1.82) is 0 Å². The Morgan fingerprint density at radius 3 is 2.57 bits per heavy atom. The van der Waals surface area contributed by atoms with Gasteiger partial charge in [-0.3, -0.25) is 9.59 Å². The maximum atomic E-state index is 10.9. The van der Waals surface area contributed by atoms with Gasteiger partial charge in [-0.1, -0.05) is 0 Å². The van der Waals surface area contributed by atoms with Gasteiger partial charge in [-0.2, -0.15) is 0 Å². The molecule has 14 heavy (non-hydrogen) atoms. The molecule has 0 radical (unpaired) electrons. The van der Waals surface area contributed by atoms with Crippen LogP contribution in [0.25, 0.3) is 0 Å². The zero-order valence-electron chi connectivity index (χ0n) is 7.76. The molecule has 0 aromatic rings. The largest absolute Gasteiger partial charge is 0.479 e. The molecule has 0 amide bonds. The number of carboxylic acids is 1. The zero-order chi connectivity index (χ0) is 11.0. The van der Waals surface area contributed by atoms with Gasteiger partial charge in [-0.25, -0.2) is 4.79 Å². The molecule has 0 aliphatic heterocycles. The van der Waals surface area contributed by atoms with Gasteiger partial charge in [0.05, 0.1) is 6.42 Å². The summed E-state index contributed by atoms with van der Waals surface area (Å²) < 4.78 is 9.13. The first-order valence-corrected chi connectivity index (χ1v) is 4.05. The molecule has 6 heteroatoms. The average molecular weight is 204 g/mol. The minimum atomic E-state index is -1.23. The van der Waals surface area contributed by atoms with Crippen LogP contribution in [-0.4, -0.2) is 42.6 Å². The molecule has 6 nitrogen and oxygen atoms in total. The summed E-state index contributed by atoms with van der Waals surface area (Å²) in [5.74, 6) is -1.99. The second-order valence-corrected chi connectivity index (χ2v) is 2.34. The molecule has 1 unspecified atom stereocenters. The summed E-state index contributed by atoms with van der Waals surface area (Å²) in [6.45, 7) is 1.45. The second-order valence-electron chi connectivity index (χ2n) is 2.34. The summed E-state index contributed by atoms with van der Waals surface area (Å²) in [6, 6.07) is 0. The van der Waals surface area contributed by atoms with Crippen LogP contribution in [0.15, 0.2) is 0 Å². The van der Waals surface area contributed by atoms with Crippen LogP contribution in [0.1, 0.15) is 13.3 Å². The van der Waals surface area contributed by atoms with Crippen molar-refractivity contribution in [3.63, 3.8) is 0 Å². The third-order valence-corrected chi connectivity index (χ3v) is 1.31. The van der Waals surface area contributed by atoms with Crippen LogP contribution in [-0.2, 0) is 23.9 Å². The predicted molar refractivity (Wildman–Crippen MR) is 44.7 cm³/mol. The van der Waals surface area contributed by atoms with Crippen molar-refractivity contribution >= 4 is 18.2 Å². The Kier molecular flexibility index (Phi) is 6.30. The Morgan fingerprint density at radius 1 is 1.50 bits per heavy atom. The van der Waals surface area contributed by atoms with Crippen molar-refractivity contribution in [1.82, 2.24) is 0 Å². The fourth-order valence-corrected chi connectivity index (χ4v) is 0.756. The third kappa shape index (κ3) is 5.26. The van der Waals surface area contributed by atoms with Gasteiger partial charge in [0.25, 0.3) is 0 Å². The standard InChI is InChI=1S/C8H12O6/c1-2-13-6(8(11)12)5-7(10)14-4-3-9/h3,6H,2,4-5H2,1H3,(H,11,12). The van der Waals surface area contributed by atoms with E-state index in [0.29, 0.717) is 6.29 Å². The maximum absolute atomic E-state index is 10.9. The van der Waals surface area contributed by atoms with Gasteiger partial charge in [0.2, 0.25) is 0 Å². The molecular formula is C8H12O6. The second kappa shape index (κ2) is 7.02. The quantitative estimate of drug-likeness (QED) is 0.448. The number of carbonyl (C=O) groups is 3. The van der Waals surface area contributed by atoms with Crippen LogP contribution in [0.2, 0.25) is 0 Å². The number of esters is 1. The van der Waals surface area contributed by atoms with Crippen molar-refractivity contribution < 1.29 is 29.0 Å². The highest BCUT2D eigenvalue weighted by Crippen LogP contribution is 2.00. The van der Waals surface area contributed by atoms with Gasteiger partial charge in [0, 0.05) is 6.61 Å². The maximum Gasteiger partial charge on any atom is 0.333 e. The van der Waals surface area contributed by atoms with Crippen LogP contribution >= 0.6 is 0 Å². The molecule has 0 aromatic heterocycles. The Morgan fingerprint density at radius 2 is 2.14 bits per heavy atom. The lowest BCUT2D eigenvalue weighted by molar-refractivity contribution is -0.159. The summed E-state index contributed by atoms with van der Waals surface area (Å²) in [7, 11) is 0. The number of rotatable bonds is 7. The van der Waals surface area contributed by atoms with E-state index < -0.39 is 24.5 Å². The molecule has 0 aliphatic rings. The van der Waals surface area contributed by atoms with Crippen molar-refractivity contribution in [3.05, 3.63) is 0 Å². The molecule has 0 spiro atoms. The van der Waals surface area contributed by atoms with E-state index in [-0.39, 0.29) is 13.2 Å². The van der Waals surface area contributed by atoms with Crippen LogP contribution in [0.4, 0.5) is 0 Å². The van der Waals surface area contributed by atoms with E-state index in [1.54, 1.807) is 6.92 Å². The van der Waals surface area contributed by atoms with Gasteiger partial charge >= 0.3 is 11.9 Å². The molecule has 80 valence electrons. The number of aliphatic carboxylic acids is 1. The number of hydrogen-bond donors (Lipinski definition) is 1. The SMILES string of the molecule is CCOC(CC(=O)OCC=O)C(=O)O. The Balaban J connectivity index is 3.95. The molecule has 0 aliphatic carbocycles. The summed E-state index contributed by atoms with van der Waals surface area (Å²) in [6.07, 6.45) is -1.19. The van der Waals surface area contributed by atoms with E-state index in [0.717, 1.165) is 0 Å². The lowest BCUT2D eigenvalue weighted by atomic mass is 10.2. The van der Waals surface area contributed by atoms with Crippen LogP contribution in [0, 0.1) is 0 Å².